The van der Waals surface area contributed by atoms with Gasteiger partial charge >= 0.3 is 0 Å². The number of carbonyl (C=O) groups excluding carboxylic acids is 3. The molecule has 2 saturated carbocycles. The first-order valence-corrected chi connectivity index (χ1v) is 23.1. The summed E-state index contributed by atoms with van der Waals surface area (Å²) in [7, 11) is -2.26. The van der Waals surface area contributed by atoms with Gasteiger partial charge in [0.25, 0.3) is 5.91 Å². The largest absolute Gasteiger partial charge is 0.496 e. The fraction of sp³-hybridized carbons (Fsp3) is 0.477. The van der Waals surface area contributed by atoms with Crippen LogP contribution in [-0.2, 0) is 24.4 Å². The molecular weight excluding hydrogens is 789 g/mol. The Hall–Kier alpha value is -5.02. The topological polar surface area (TPSA) is 169 Å². The third kappa shape index (κ3) is 8.54. The Morgan fingerprint density at radius 1 is 1.03 bits per heavy atom. The maximum absolute atomic E-state index is 14.8. The number of aromatic nitrogens is 2. The first-order valence-electron chi connectivity index (χ1n) is 20.6. The van der Waals surface area contributed by atoms with E-state index in [1.807, 2.05) is 73.0 Å². The van der Waals surface area contributed by atoms with Crippen molar-refractivity contribution in [3.8, 4) is 22.2 Å². The Labute approximate surface area is 349 Å². The number of rotatable bonds is 10. The summed E-state index contributed by atoms with van der Waals surface area (Å²) in [5.41, 5.74) is 2.45. The minimum atomic E-state index is -3.87. The summed E-state index contributed by atoms with van der Waals surface area (Å²) in [6.45, 7) is 6.23. The molecule has 0 spiro atoms. The third-order valence-electron chi connectivity index (χ3n) is 12.0. The molecule has 4 aliphatic rings. The zero-order valence-corrected chi connectivity index (χ0v) is 35.5. The Morgan fingerprint density at radius 3 is 2.56 bits per heavy atom. The Morgan fingerprint density at radius 2 is 1.83 bits per heavy atom. The van der Waals surface area contributed by atoms with Crippen LogP contribution in [-0.4, -0.2) is 83.6 Å². The van der Waals surface area contributed by atoms with E-state index in [-0.39, 0.29) is 37.1 Å². The van der Waals surface area contributed by atoms with Gasteiger partial charge in [0.15, 0.2) is 0 Å². The molecule has 5 atom stereocenters. The molecule has 2 aromatic heterocycles. The van der Waals surface area contributed by atoms with Gasteiger partial charge in [-0.25, -0.2) is 18.4 Å². The summed E-state index contributed by atoms with van der Waals surface area (Å²) >= 11 is 1.51. The maximum atomic E-state index is 14.8. The molecule has 15 heteroatoms. The molecule has 3 fully saturated rings. The number of nitrogens with zero attached hydrogens (tertiary/aromatic N) is 3. The summed E-state index contributed by atoms with van der Waals surface area (Å²) in [5.74, 6) is -0.464. The van der Waals surface area contributed by atoms with Crippen molar-refractivity contribution < 1.29 is 32.3 Å². The van der Waals surface area contributed by atoms with E-state index in [4.69, 9.17) is 19.4 Å². The third-order valence-corrected chi connectivity index (χ3v) is 14.7. The minimum absolute atomic E-state index is 0.103. The number of methoxy groups -OCH3 is 1. The van der Waals surface area contributed by atoms with Crippen LogP contribution in [0.25, 0.3) is 21.6 Å². The number of sulfonamides is 1. The van der Waals surface area contributed by atoms with Crippen molar-refractivity contribution in [1.82, 2.24) is 24.9 Å². The van der Waals surface area contributed by atoms with Crippen LogP contribution in [0, 0.1) is 12.8 Å². The Bertz CT molecular complexity index is 2380. The van der Waals surface area contributed by atoms with Crippen LogP contribution in [0.1, 0.15) is 88.8 Å². The SMILES string of the molecule is COc1ccc2c(O[C@@H]3C[C@H]4C(=O)N[C@]5(C(=O)NS(=O)(=O)C6CC6)C[C@H]5C=CCCCCC[C@H](Nc5ccccc5)C(=O)N4C3)cc(-c3nc(C(C)C)cs3)nc2c1C. The normalized spacial score (nSPS) is 25.1. The molecular formula is C44H52N6O7S2. The van der Waals surface area contributed by atoms with Crippen LogP contribution in [0.5, 0.6) is 11.5 Å². The highest BCUT2D eigenvalue weighted by Gasteiger charge is 2.62. The molecule has 312 valence electrons. The molecule has 0 bridgehead atoms. The van der Waals surface area contributed by atoms with Gasteiger partial charge in [0.1, 0.15) is 45.9 Å². The second kappa shape index (κ2) is 16.6. The molecule has 3 N–H and O–H groups in total. The predicted molar refractivity (Wildman–Crippen MR) is 228 cm³/mol. The number of ether oxygens (including phenoxy) is 2. The lowest BCUT2D eigenvalue weighted by molar-refractivity contribution is -0.140. The van der Waals surface area contributed by atoms with Crippen LogP contribution >= 0.6 is 11.3 Å². The molecule has 13 nitrogen and oxygen atoms in total. The highest BCUT2D eigenvalue weighted by Crippen LogP contribution is 2.46. The van der Waals surface area contributed by atoms with Gasteiger partial charge in [-0.2, -0.15) is 0 Å². The van der Waals surface area contributed by atoms with E-state index >= 15 is 0 Å². The van der Waals surface area contributed by atoms with Crippen LogP contribution in [0.2, 0.25) is 0 Å². The van der Waals surface area contributed by atoms with Crippen molar-refractivity contribution >= 4 is 55.7 Å². The zero-order chi connectivity index (χ0) is 41.5. The molecule has 1 saturated heterocycles. The van der Waals surface area contributed by atoms with Gasteiger partial charge in [-0.1, -0.05) is 57.0 Å². The van der Waals surface area contributed by atoms with Gasteiger partial charge < -0.3 is 25.0 Å². The van der Waals surface area contributed by atoms with E-state index < -0.39 is 50.8 Å². The number of aryl methyl sites for hydroxylation is 1. The lowest BCUT2D eigenvalue weighted by Crippen LogP contribution is -2.57. The number of hydrogen-bond acceptors (Lipinski definition) is 11. The Balaban J connectivity index is 1.15. The van der Waals surface area contributed by atoms with Gasteiger partial charge in [-0.05, 0) is 75.6 Å². The first kappa shape index (κ1) is 40.7. The molecule has 59 heavy (non-hydrogen) atoms. The van der Waals surface area contributed by atoms with Crippen LogP contribution in [0.4, 0.5) is 5.69 Å². The number of carbonyl (C=O) groups is 3. The summed E-state index contributed by atoms with van der Waals surface area (Å²) in [6.07, 6.45) is 8.55. The number of amides is 3. The number of anilines is 1. The van der Waals surface area contributed by atoms with Gasteiger partial charge in [0.05, 0.1) is 30.1 Å². The standard InChI is InChI=1S/C44H52N6O7S2/c1-26(2)35-25-58-41(47-35)34-22-38(32-19-20-37(56-4)27(3)39(32)46-34)57-30-21-36-40(51)48-44(43(53)49-59(54,55)31-17-18-31)23-28(44)13-9-6-5-7-12-16-33(42(52)50(36)24-30)45-29-14-10-8-11-15-29/h8-11,13-15,19-20,22,25-26,28,30-31,33,36,45H,5-7,12,16-18,21,23-24H2,1-4H3,(H,48,51)(H,49,53)/t28-,30-,33+,36+,44-/m1/s1. The number of thiazole rings is 1. The second-order valence-electron chi connectivity index (χ2n) is 16.6. The number of fused-ring (bicyclic) bond motifs is 3. The van der Waals surface area contributed by atoms with Crippen LogP contribution in [0.3, 0.4) is 0 Å². The van der Waals surface area contributed by atoms with Crippen molar-refractivity contribution in [2.75, 3.05) is 19.0 Å². The second-order valence-corrected chi connectivity index (χ2v) is 19.4. The summed E-state index contributed by atoms with van der Waals surface area (Å²) < 4.78 is 40.7. The van der Waals surface area contributed by atoms with E-state index in [9.17, 15) is 22.8 Å². The summed E-state index contributed by atoms with van der Waals surface area (Å²) in [5, 5.41) is 9.34. The number of benzene rings is 2. The number of allylic oxidation sites excluding steroid dienone is 1. The fourth-order valence-electron chi connectivity index (χ4n) is 8.24. The van der Waals surface area contributed by atoms with Gasteiger partial charge in [0, 0.05) is 40.4 Å². The van der Waals surface area contributed by atoms with Gasteiger partial charge in [0.2, 0.25) is 21.8 Å². The number of nitrogens with one attached hydrogen (secondary N) is 3. The van der Waals surface area contributed by atoms with E-state index in [1.165, 1.54) is 11.3 Å². The van der Waals surface area contributed by atoms with E-state index in [0.29, 0.717) is 42.0 Å². The van der Waals surface area contributed by atoms with Crippen molar-refractivity contribution in [2.45, 2.75) is 113 Å². The summed E-state index contributed by atoms with van der Waals surface area (Å²) in [4.78, 5) is 54.9. The van der Waals surface area contributed by atoms with Crippen molar-refractivity contribution in [3.63, 3.8) is 0 Å². The lowest BCUT2D eigenvalue weighted by atomic mass is 10.0. The molecule has 4 aromatic rings. The monoisotopic (exact) mass is 840 g/mol. The Kier molecular flexibility index (Phi) is 11.4. The number of pyridine rings is 1. The zero-order valence-electron chi connectivity index (χ0n) is 33.9. The number of para-hydroxylation sites is 1. The highest BCUT2D eigenvalue weighted by atomic mass is 32.2. The maximum Gasteiger partial charge on any atom is 0.259 e. The van der Waals surface area contributed by atoms with Crippen LogP contribution in [0.15, 0.2) is 66.1 Å². The average molecular weight is 841 g/mol. The molecule has 2 aromatic carbocycles. The molecule has 3 amide bonds. The molecule has 2 aliphatic carbocycles. The molecule has 2 aliphatic heterocycles. The lowest BCUT2D eigenvalue weighted by Gasteiger charge is -2.30. The minimum Gasteiger partial charge on any atom is -0.496 e. The molecule has 4 heterocycles. The quantitative estimate of drug-likeness (QED) is 0.148. The van der Waals surface area contributed by atoms with E-state index in [0.717, 1.165) is 53.0 Å². The van der Waals surface area contributed by atoms with Crippen molar-refractivity contribution in [1.29, 1.82) is 0 Å². The van der Waals surface area contributed by atoms with E-state index in [1.54, 1.807) is 12.0 Å². The fourth-order valence-corrected chi connectivity index (χ4v) is 10.5. The first-order chi connectivity index (χ1) is 28.4. The molecule has 8 rings (SSSR count). The van der Waals surface area contributed by atoms with Crippen molar-refractivity contribution in [3.05, 3.63) is 77.3 Å². The van der Waals surface area contributed by atoms with E-state index in [2.05, 4.69) is 29.2 Å². The average Bonchev–Trinajstić information content (AvgIpc) is 4.09. The smallest absolute Gasteiger partial charge is 0.259 e. The van der Waals surface area contributed by atoms with Crippen molar-refractivity contribution in [2.24, 2.45) is 5.92 Å². The highest BCUT2D eigenvalue weighted by molar-refractivity contribution is 7.91. The summed E-state index contributed by atoms with van der Waals surface area (Å²) in [6, 6.07) is 13.5. The predicted octanol–water partition coefficient (Wildman–Crippen LogP) is 6.63. The number of hydrogen-bond donors (Lipinski definition) is 3. The van der Waals surface area contributed by atoms with Crippen LogP contribution < -0.4 is 24.8 Å². The van der Waals surface area contributed by atoms with Gasteiger partial charge in [-0.3, -0.25) is 19.1 Å². The molecule has 0 radical (unpaired) electrons. The molecule has 0 unspecified atom stereocenters. The van der Waals surface area contributed by atoms with Gasteiger partial charge in [-0.15, -0.1) is 11.3 Å².